The highest BCUT2D eigenvalue weighted by Gasteiger charge is 2.16. The fourth-order valence-corrected chi connectivity index (χ4v) is 3.04. The van der Waals surface area contributed by atoms with Crippen molar-refractivity contribution in [2.24, 2.45) is 0 Å². The average molecular weight is 336 g/mol. The number of carboxylic acid groups (broad SMARTS) is 1. The third-order valence-corrected chi connectivity index (χ3v) is 4.36. The second-order valence-corrected chi connectivity index (χ2v) is 5.87. The molecule has 0 unspecified atom stereocenters. The van der Waals surface area contributed by atoms with E-state index in [4.69, 9.17) is 23.2 Å². The van der Waals surface area contributed by atoms with Gasteiger partial charge in [0.1, 0.15) is 6.54 Å². The first-order valence-electron chi connectivity index (χ1n) is 6.53. The number of carboxylic acids is 1. The predicted octanol–water partition coefficient (Wildman–Crippen LogP) is 3.85. The molecule has 22 heavy (non-hydrogen) atoms. The molecular formula is C16H11Cl2NO3. The lowest BCUT2D eigenvalue weighted by Crippen LogP contribution is -2.16. The van der Waals surface area contributed by atoms with Crippen molar-refractivity contribution in [2.45, 2.75) is 13.5 Å². The monoisotopic (exact) mass is 335 g/mol. The maximum Gasteiger partial charge on any atom is 0.323 e. The zero-order chi connectivity index (χ0) is 16.0. The van der Waals surface area contributed by atoms with E-state index in [-0.39, 0.29) is 22.0 Å². The summed E-state index contributed by atoms with van der Waals surface area (Å²) in [5.74, 6) is -1.03. The number of aromatic nitrogens is 1. The van der Waals surface area contributed by atoms with Crippen molar-refractivity contribution in [1.29, 1.82) is 0 Å². The molecule has 0 aliphatic rings. The lowest BCUT2D eigenvalue weighted by Gasteiger charge is -2.15. The molecule has 0 amide bonds. The number of fused-ring (bicyclic) bond motifs is 2. The van der Waals surface area contributed by atoms with Gasteiger partial charge in [0.25, 0.3) is 0 Å². The molecule has 0 saturated heterocycles. The summed E-state index contributed by atoms with van der Waals surface area (Å²) in [5.41, 5.74) is 1.60. The maximum absolute atomic E-state index is 12.7. The number of pyridine rings is 1. The van der Waals surface area contributed by atoms with E-state index in [0.29, 0.717) is 21.8 Å². The third-order valence-electron chi connectivity index (χ3n) is 3.56. The van der Waals surface area contributed by atoms with Crippen molar-refractivity contribution >= 4 is 51.0 Å². The van der Waals surface area contributed by atoms with Gasteiger partial charge in [-0.3, -0.25) is 9.59 Å². The Hall–Kier alpha value is -2.04. The van der Waals surface area contributed by atoms with E-state index in [1.807, 2.05) is 13.0 Å². The number of hydrogen-bond acceptors (Lipinski definition) is 2. The zero-order valence-electron chi connectivity index (χ0n) is 11.6. The summed E-state index contributed by atoms with van der Waals surface area (Å²) in [6, 6.07) is 8.42. The Kier molecular flexibility index (Phi) is 3.59. The second-order valence-electron chi connectivity index (χ2n) is 5.09. The van der Waals surface area contributed by atoms with Crippen LogP contribution >= 0.6 is 23.2 Å². The third kappa shape index (κ3) is 2.25. The van der Waals surface area contributed by atoms with Gasteiger partial charge in [-0.1, -0.05) is 34.8 Å². The summed E-state index contributed by atoms with van der Waals surface area (Å²) in [6.07, 6.45) is 0. The van der Waals surface area contributed by atoms with Gasteiger partial charge in [0.15, 0.2) is 5.43 Å². The van der Waals surface area contributed by atoms with Crippen LogP contribution in [0.3, 0.4) is 0 Å². The van der Waals surface area contributed by atoms with Crippen molar-refractivity contribution in [1.82, 2.24) is 4.57 Å². The van der Waals surface area contributed by atoms with Gasteiger partial charge in [-0.25, -0.2) is 0 Å². The van der Waals surface area contributed by atoms with Crippen molar-refractivity contribution in [3.63, 3.8) is 0 Å². The van der Waals surface area contributed by atoms with E-state index in [2.05, 4.69) is 0 Å². The molecule has 0 saturated carbocycles. The van der Waals surface area contributed by atoms with Crippen LogP contribution in [0.15, 0.2) is 35.1 Å². The topological polar surface area (TPSA) is 59.3 Å². The number of hydrogen-bond donors (Lipinski definition) is 1. The highest BCUT2D eigenvalue weighted by molar-refractivity contribution is 6.45. The molecule has 0 fully saturated rings. The Morgan fingerprint density at radius 2 is 1.91 bits per heavy atom. The molecule has 6 heteroatoms. The smallest absolute Gasteiger partial charge is 0.323 e. The maximum atomic E-state index is 12.7. The molecule has 4 nitrogen and oxygen atoms in total. The lowest BCUT2D eigenvalue weighted by molar-refractivity contribution is -0.137. The Bertz CT molecular complexity index is 992. The average Bonchev–Trinajstić information content (AvgIpc) is 2.46. The molecule has 0 atom stereocenters. The molecule has 112 valence electrons. The Balaban J connectivity index is 2.63. The predicted molar refractivity (Wildman–Crippen MR) is 88.1 cm³/mol. The van der Waals surface area contributed by atoms with E-state index < -0.39 is 5.97 Å². The number of carbonyl (C=O) groups is 1. The van der Waals surface area contributed by atoms with E-state index in [9.17, 15) is 14.7 Å². The highest BCUT2D eigenvalue weighted by atomic mass is 35.5. The molecule has 0 aliphatic heterocycles. The molecule has 1 heterocycles. The SMILES string of the molecule is Cc1ccc2c(c1)c(=O)c1ccc(Cl)c(Cl)c1n2CC(=O)O. The molecule has 0 spiro atoms. The van der Waals surface area contributed by atoms with E-state index >= 15 is 0 Å². The summed E-state index contributed by atoms with van der Waals surface area (Å²) in [4.78, 5) is 23.9. The number of benzene rings is 2. The number of rotatable bonds is 2. The molecule has 3 rings (SSSR count). The van der Waals surface area contributed by atoms with E-state index in [0.717, 1.165) is 5.56 Å². The molecule has 0 bridgehead atoms. The normalized spacial score (nSPS) is 11.2. The van der Waals surface area contributed by atoms with Gasteiger partial charge in [0.05, 0.1) is 21.1 Å². The first-order chi connectivity index (χ1) is 10.4. The molecule has 1 N–H and O–H groups in total. The van der Waals surface area contributed by atoms with Crippen molar-refractivity contribution in [3.05, 3.63) is 56.2 Å². The molecule has 1 aromatic heterocycles. The van der Waals surface area contributed by atoms with Gasteiger partial charge in [0, 0.05) is 10.8 Å². The van der Waals surface area contributed by atoms with Crippen LogP contribution in [0, 0.1) is 6.92 Å². The van der Waals surface area contributed by atoms with Crippen LogP contribution in [0.1, 0.15) is 5.56 Å². The van der Waals surface area contributed by atoms with Gasteiger partial charge >= 0.3 is 5.97 Å². The van der Waals surface area contributed by atoms with Crippen LogP contribution in [0.4, 0.5) is 0 Å². The second kappa shape index (κ2) is 5.30. The van der Waals surface area contributed by atoms with Crippen molar-refractivity contribution in [2.75, 3.05) is 0 Å². The van der Waals surface area contributed by atoms with Gasteiger partial charge in [-0.05, 0) is 31.2 Å². The van der Waals surface area contributed by atoms with Crippen LogP contribution in [-0.4, -0.2) is 15.6 Å². The van der Waals surface area contributed by atoms with Crippen molar-refractivity contribution in [3.8, 4) is 0 Å². The highest BCUT2D eigenvalue weighted by Crippen LogP contribution is 2.31. The fourth-order valence-electron chi connectivity index (χ4n) is 2.62. The number of aliphatic carboxylic acids is 1. The van der Waals surface area contributed by atoms with E-state index in [1.54, 1.807) is 24.3 Å². The zero-order valence-corrected chi connectivity index (χ0v) is 13.1. The minimum atomic E-state index is -1.03. The van der Waals surface area contributed by atoms with Gasteiger partial charge < -0.3 is 9.67 Å². The number of halogens is 2. The standard InChI is InChI=1S/C16H11Cl2NO3/c1-8-2-5-12-10(6-8)16(22)9-3-4-11(17)14(18)15(9)19(12)7-13(20)21/h2-6H,7H2,1H3,(H,20,21). The Labute approximate surface area is 135 Å². The summed E-state index contributed by atoms with van der Waals surface area (Å²) in [6.45, 7) is 1.57. The lowest BCUT2D eigenvalue weighted by atomic mass is 10.1. The van der Waals surface area contributed by atoms with Crippen molar-refractivity contribution < 1.29 is 9.90 Å². The molecule has 2 aromatic carbocycles. The van der Waals surface area contributed by atoms with E-state index in [1.165, 1.54) is 4.57 Å². The molecule has 3 aromatic rings. The van der Waals surface area contributed by atoms with Crippen LogP contribution in [0.25, 0.3) is 21.8 Å². The van der Waals surface area contributed by atoms with Crippen LogP contribution in [0.5, 0.6) is 0 Å². The first-order valence-corrected chi connectivity index (χ1v) is 7.28. The summed E-state index contributed by atoms with van der Waals surface area (Å²) < 4.78 is 1.52. The summed E-state index contributed by atoms with van der Waals surface area (Å²) >= 11 is 12.3. The quantitative estimate of drug-likeness (QED) is 0.723. The Morgan fingerprint density at radius 1 is 1.18 bits per heavy atom. The molecular weight excluding hydrogens is 325 g/mol. The van der Waals surface area contributed by atoms with Gasteiger partial charge in [0.2, 0.25) is 0 Å². The fraction of sp³-hybridized carbons (Fsp3) is 0.125. The van der Waals surface area contributed by atoms with Crippen LogP contribution in [0.2, 0.25) is 10.0 Å². The minimum absolute atomic E-state index is 0.181. The van der Waals surface area contributed by atoms with Crippen LogP contribution in [-0.2, 0) is 11.3 Å². The summed E-state index contributed by atoms with van der Waals surface area (Å²) in [5, 5.41) is 10.5. The largest absolute Gasteiger partial charge is 0.480 e. The number of aryl methyl sites for hydroxylation is 1. The minimum Gasteiger partial charge on any atom is -0.480 e. The van der Waals surface area contributed by atoms with Crippen LogP contribution < -0.4 is 5.43 Å². The summed E-state index contributed by atoms with van der Waals surface area (Å²) in [7, 11) is 0. The first kappa shape index (κ1) is 14.9. The van der Waals surface area contributed by atoms with Gasteiger partial charge in [-0.2, -0.15) is 0 Å². The Morgan fingerprint density at radius 3 is 2.59 bits per heavy atom. The molecule has 0 aliphatic carbocycles. The number of nitrogens with zero attached hydrogens (tertiary/aromatic N) is 1. The van der Waals surface area contributed by atoms with Gasteiger partial charge in [-0.15, -0.1) is 0 Å². The molecule has 0 radical (unpaired) electrons.